The Morgan fingerprint density at radius 2 is 2.29 bits per heavy atom. The van der Waals surface area contributed by atoms with Gasteiger partial charge in [-0.25, -0.2) is 0 Å². The summed E-state index contributed by atoms with van der Waals surface area (Å²) in [4.78, 5) is 0. The highest BCUT2D eigenvalue weighted by molar-refractivity contribution is 7.99. The van der Waals surface area contributed by atoms with Crippen LogP contribution in [0.15, 0.2) is 12.3 Å². The molecule has 3 nitrogen and oxygen atoms in total. The topological polar surface area (TPSA) is 29.9 Å². The van der Waals surface area contributed by atoms with Gasteiger partial charge in [0.05, 0.1) is 5.69 Å². The monoisotopic (exact) mass is 253 g/mol. The van der Waals surface area contributed by atoms with E-state index >= 15 is 0 Å². The van der Waals surface area contributed by atoms with Crippen molar-refractivity contribution in [2.24, 2.45) is 5.92 Å². The van der Waals surface area contributed by atoms with Crippen molar-refractivity contribution in [3.63, 3.8) is 0 Å². The first kappa shape index (κ1) is 13.0. The van der Waals surface area contributed by atoms with Gasteiger partial charge < -0.3 is 5.32 Å². The minimum atomic E-state index is 0.463. The molecule has 4 heteroatoms. The third-order valence-corrected chi connectivity index (χ3v) is 4.71. The number of nitrogens with zero attached hydrogens (tertiary/aromatic N) is 2. The van der Waals surface area contributed by atoms with E-state index in [1.165, 1.54) is 36.5 Å². The van der Waals surface area contributed by atoms with E-state index < -0.39 is 0 Å². The van der Waals surface area contributed by atoms with Gasteiger partial charge in [-0.3, -0.25) is 4.68 Å². The summed E-state index contributed by atoms with van der Waals surface area (Å²) in [6.45, 7) is 3.11. The van der Waals surface area contributed by atoms with Crippen molar-refractivity contribution < 1.29 is 0 Å². The molecule has 1 aromatic rings. The molecule has 0 radical (unpaired) electrons. The lowest BCUT2D eigenvalue weighted by atomic mass is 9.93. The fourth-order valence-corrected chi connectivity index (χ4v) is 3.81. The zero-order valence-electron chi connectivity index (χ0n) is 10.9. The van der Waals surface area contributed by atoms with Crippen LogP contribution in [-0.4, -0.2) is 28.3 Å². The van der Waals surface area contributed by atoms with Crippen LogP contribution in [0, 0.1) is 5.92 Å². The van der Waals surface area contributed by atoms with Crippen LogP contribution >= 0.6 is 11.8 Å². The van der Waals surface area contributed by atoms with Crippen LogP contribution in [0.2, 0.25) is 0 Å². The second-order valence-electron chi connectivity index (χ2n) is 4.70. The zero-order chi connectivity index (χ0) is 12.1. The Kier molecular flexibility index (Phi) is 4.92. The smallest absolute Gasteiger partial charge is 0.0553 e. The molecule has 0 aromatic carbocycles. The van der Waals surface area contributed by atoms with E-state index in [2.05, 4.69) is 46.9 Å². The van der Waals surface area contributed by atoms with Gasteiger partial charge in [0.2, 0.25) is 0 Å². The Balaban J connectivity index is 2.00. The minimum absolute atomic E-state index is 0.463. The van der Waals surface area contributed by atoms with E-state index in [9.17, 15) is 0 Å². The Morgan fingerprint density at radius 3 is 2.94 bits per heavy atom. The first-order chi connectivity index (χ1) is 8.35. The summed E-state index contributed by atoms with van der Waals surface area (Å²) in [5.74, 6) is 3.57. The van der Waals surface area contributed by atoms with Crippen LogP contribution in [0.25, 0.3) is 0 Å². The van der Waals surface area contributed by atoms with E-state index in [1.807, 2.05) is 6.20 Å². The molecule has 1 saturated heterocycles. The molecule has 0 saturated carbocycles. The van der Waals surface area contributed by atoms with Crippen molar-refractivity contribution in [3.05, 3.63) is 18.0 Å². The van der Waals surface area contributed by atoms with Gasteiger partial charge in [-0.2, -0.15) is 16.9 Å². The van der Waals surface area contributed by atoms with E-state index in [0.717, 1.165) is 12.5 Å². The summed E-state index contributed by atoms with van der Waals surface area (Å²) in [7, 11) is 2.06. The minimum Gasteiger partial charge on any atom is -0.312 e. The van der Waals surface area contributed by atoms with E-state index in [4.69, 9.17) is 0 Å². The maximum Gasteiger partial charge on any atom is 0.0553 e. The molecule has 1 aliphatic rings. The highest BCUT2D eigenvalue weighted by Gasteiger charge is 2.21. The molecule has 96 valence electrons. The molecule has 0 spiro atoms. The summed E-state index contributed by atoms with van der Waals surface area (Å²) in [6, 6.07) is 2.62. The Hall–Kier alpha value is -0.480. The van der Waals surface area contributed by atoms with Gasteiger partial charge in [0, 0.05) is 18.8 Å². The molecule has 0 bridgehead atoms. The molecule has 17 heavy (non-hydrogen) atoms. The Labute approximate surface area is 108 Å². The summed E-state index contributed by atoms with van der Waals surface area (Å²) in [5, 5.41) is 7.83. The van der Waals surface area contributed by atoms with Crippen molar-refractivity contribution in [2.45, 2.75) is 38.8 Å². The van der Waals surface area contributed by atoms with Gasteiger partial charge in [-0.1, -0.05) is 0 Å². The SMILES string of the molecule is CCn1nccc1C(CC1CCSCC1)NC. The van der Waals surface area contributed by atoms with Gasteiger partial charge in [0.25, 0.3) is 0 Å². The third-order valence-electron chi connectivity index (χ3n) is 3.66. The van der Waals surface area contributed by atoms with E-state index in [1.54, 1.807) is 0 Å². The van der Waals surface area contributed by atoms with Gasteiger partial charge in [-0.05, 0) is 56.7 Å². The Bertz CT molecular complexity index is 331. The molecular formula is C13H23N3S. The molecule has 1 atom stereocenters. The first-order valence-corrected chi connectivity index (χ1v) is 7.77. The third kappa shape index (κ3) is 3.26. The quantitative estimate of drug-likeness (QED) is 0.875. The molecule has 0 aliphatic carbocycles. The van der Waals surface area contributed by atoms with Gasteiger partial charge >= 0.3 is 0 Å². The lowest BCUT2D eigenvalue weighted by Gasteiger charge is -2.26. The van der Waals surface area contributed by atoms with Gasteiger partial charge in [-0.15, -0.1) is 0 Å². The average Bonchev–Trinajstić information content (AvgIpc) is 2.85. The standard InChI is InChI=1S/C13H23N3S/c1-3-16-13(4-7-15-16)12(14-2)10-11-5-8-17-9-6-11/h4,7,11-12,14H,3,5-6,8-10H2,1-2H3. The van der Waals surface area contributed by atoms with Crippen molar-refractivity contribution >= 4 is 11.8 Å². The number of hydrogen-bond donors (Lipinski definition) is 1. The highest BCUT2D eigenvalue weighted by atomic mass is 32.2. The van der Waals surface area contributed by atoms with Crippen LogP contribution < -0.4 is 5.32 Å². The van der Waals surface area contributed by atoms with Crippen molar-refractivity contribution in [1.29, 1.82) is 0 Å². The fourth-order valence-electron chi connectivity index (χ4n) is 2.61. The van der Waals surface area contributed by atoms with Crippen molar-refractivity contribution in [1.82, 2.24) is 15.1 Å². The Morgan fingerprint density at radius 1 is 1.53 bits per heavy atom. The molecule has 1 unspecified atom stereocenters. The van der Waals surface area contributed by atoms with E-state index in [0.29, 0.717) is 6.04 Å². The summed E-state index contributed by atoms with van der Waals surface area (Å²) in [5.41, 5.74) is 1.34. The number of hydrogen-bond acceptors (Lipinski definition) is 3. The van der Waals surface area contributed by atoms with Crippen LogP contribution in [-0.2, 0) is 6.54 Å². The average molecular weight is 253 g/mol. The largest absolute Gasteiger partial charge is 0.312 e. The summed E-state index contributed by atoms with van der Waals surface area (Å²) in [6.07, 6.45) is 5.93. The summed E-state index contributed by atoms with van der Waals surface area (Å²) < 4.78 is 2.11. The predicted octanol–water partition coefficient (Wildman–Crippen LogP) is 2.70. The molecule has 1 aromatic heterocycles. The van der Waals surface area contributed by atoms with Crippen LogP contribution in [0.1, 0.15) is 37.9 Å². The molecular weight excluding hydrogens is 230 g/mol. The molecule has 2 rings (SSSR count). The van der Waals surface area contributed by atoms with Gasteiger partial charge in [0.15, 0.2) is 0 Å². The van der Waals surface area contributed by atoms with Crippen LogP contribution in [0.3, 0.4) is 0 Å². The first-order valence-electron chi connectivity index (χ1n) is 6.61. The van der Waals surface area contributed by atoms with Crippen LogP contribution in [0.5, 0.6) is 0 Å². The van der Waals surface area contributed by atoms with Gasteiger partial charge in [0.1, 0.15) is 0 Å². The normalized spacial score (nSPS) is 19.4. The molecule has 1 N–H and O–H groups in total. The number of aryl methyl sites for hydroxylation is 1. The lowest BCUT2D eigenvalue weighted by molar-refractivity contribution is 0.369. The predicted molar refractivity (Wildman–Crippen MR) is 74.4 cm³/mol. The molecule has 1 aliphatic heterocycles. The van der Waals surface area contributed by atoms with Crippen molar-refractivity contribution in [2.75, 3.05) is 18.6 Å². The lowest BCUT2D eigenvalue weighted by Crippen LogP contribution is -2.24. The van der Waals surface area contributed by atoms with E-state index in [-0.39, 0.29) is 0 Å². The maximum atomic E-state index is 4.37. The second kappa shape index (κ2) is 6.45. The summed E-state index contributed by atoms with van der Waals surface area (Å²) >= 11 is 2.10. The molecule has 1 fully saturated rings. The maximum absolute atomic E-state index is 4.37. The number of rotatable bonds is 5. The number of aromatic nitrogens is 2. The number of thioether (sulfide) groups is 1. The molecule has 2 heterocycles. The number of nitrogens with one attached hydrogen (secondary N) is 1. The second-order valence-corrected chi connectivity index (χ2v) is 5.93. The highest BCUT2D eigenvalue weighted by Crippen LogP contribution is 2.30. The van der Waals surface area contributed by atoms with Crippen LogP contribution in [0.4, 0.5) is 0 Å². The van der Waals surface area contributed by atoms with Crippen molar-refractivity contribution in [3.8, 4) is 0 Å². The molecule has 0 amide bonds. The fraction of sp³-hybridized carbons (Fsp3) is 0.769. The zero-order valence-corrected chi connectivity index (χ0v) is 11.7.